The monoisotopic (exact) mass is 479 g/mol. The lowest BCUT2D eigenvalue weighted by Gasteiger charge is -2.22. The van der Waals surface area contributed by atoms with Crippen molar-refractivity contribution in [2.24, 2.45) is 0 Å². The number of hydrogen-bond acceptors (Lipinski definition) is 6. The van der Waals surface area contributed by atoms with E-state index in [0.29, 0.717) is 52.2 Å². The number of fused-ring (bicyclic) bond motifs is 1. The zero-order chi connectivity index (χ0) is 23.5. The van der Waals surface area contributed by atoms with Gasteiger partial charge in [0.15, 0.2) is 11.6 Å². The largest absolute Gasteiger partial charge is 0.487 e. The van der Waals surface area contributed by atoms with Crippen molar-refractivity contribution in [1.29, 1.82) is 0 Å². The highest BCUT2D eigenvalue weighted by Gasteiger charge is 2.21. The summed E-state index contributed by atoms with van der Waals surface area (Å²) in [5.74, 6) is 0.406. The summed E-state index contributed by atoms with van der Waals surface area (Å²) in [4.78, 5) is 23.4. The van der Waals surface area contributed by atoms with E-state index in [1.807, 2.05) is 6.20 Å². The van der Waals surface area contributed by atoms with Crippen molar-refractivity contribution in [3.05, 3.63) is 65.8 Å². The number of nitrogens with one attached hydrogen (secondary N) is 2. The van der Waals surface area contributed by atoms with Crippen LogP contribution in [-0.4, -0.2) is 47.0 Å². The number of anilines is 2. The molecule has 2 N–H and O–H groups in total. The molecule has 0 unspecified atom stereocenters. The molecule has 174 valence electrons. The highest BCUT2D eigenvalue weighted by atomic mass is 35.5. The van der Waals surface area contributed by atoms with Gasteiger partial charge in [0, 0.05) is 53.3 Å². The molecule has 1 aromatic carbocycles. The first-order chi connectivity index (χ1) is 16.6. The fourth-order valence-electron chi connectivity index (χ4n) is 4.07. The van der Waals surface area contributed by atoms with Crippen LogP contribution < -0.4 is 15.4 Å². The van der Waals surface area contributed by atoms with Gasteiger partial charge < -0.3 is 20.3 Å². The Morgan fingerprint density at radius 3 is 2.88 bits per heavy atom. The smallest absolute Gasteiger partial charge is 0.249 e. The van der Waals surface area contributed by atoms with Gasteiger partial charge in [-0.25, -0.2) is 9.37 Å². The second kappa shape index (κ2) is 9.69. The van der Waals surface area contributed by atoms with E-state index in [2.05, 4.69) is 25.5 Å². The minimum atomic E-state index is -0.427. The quantitative estimate of drug-likeness (QED) is 0.504. The Bertz CT molecular complexity index is 1260. The van der Waals surface area contributed by atoms with E-state index >= 15 is 0 Å². The summed E-state index contributed by atoms with van der Waals surface area (Å²) in [7, 11) is 0. The maximum atomic E-state index is 14.6. The Hall–Kier alpha value is -3.65. The first-order valence-electron chi connectivity index (χ1n) is 11.1. The summed E-state index contributed by atoms with van der Waals surface area (Å²) in [5.41, 5.74) is 2.62. The zero-order valence-corrected chi connectivity index (χ0v) is 19.1. The number of ether oxygens (including phenoxy) is 1. The first kappa shape index (κ1) is 22.2. The highest BCUT2D eigenvalue weighted by Crippen LogP contribution is 2.41. The van der Waals surface area contributed by atoms with E-state index in [1.54, 1.807) is 30.6 Å². The molecular weight excluding hydrogens is 457 g/mol. The van der Waals surface area contributed by atoms with E-state index < -0.39 is 5.82 Å². The van der Waals surface area contributed by atoms with Gasteiger partial charge in [-0.05, 0) is 43.2 Å². The number of benzene rings is 1. The molecule has 0 saturated carbocycles. The minimum Gasteiger partial charge on any atom is -0.487 e. The Kier molecular flexibility index (Phi) is 6.31. The lowest BCUT2D eigenvalue weighted by molar-refractivity contribution is -0.112. The molecule has 5 rings (SSSR count). The van der Waals surface area contributed by atoms with Gasteiger partial charge in [0.05, 0.1) is 24.1 Å². The standard InChI is InChI=1S/C25H23ClFN5O2/c26-17-3-4-21(27)20(12-17)22-13-19(24-25(31-22)29-6-10-34-24)16-11-18(15-28-14-16)30-23(33)5-9-32-7-1-2-8-32/h3-5,9,11-15H,1-2,6-8,10H2,(H,29,31)(H,30,33). The lowest BCUT2D eigenvalue weighted by atomic mass is 10.0. The fourth-order valence-corrected chi connectivity index (χ4v) is 4.24. The van der Waals surface area contributed by atoms with Crippen LogP contribution in [0, 0.1) is 5.82 Å². The van der Waals surface area contributed by atoms with Crippen LogP contribution >= 0.6 is 11.6 Å². The molecule has 0 bridgehead atoms. The lowest BCUT2D eigenvalue weighted by Crippen LogP contribution is -2.20. The van der Waals surface area contributed by atoms with E-state index in [4.69, 9.17) is 16.3 Å². The Morgan fingerprint density at radius 1 is 1.18 bits per heavy atom. The molecule has 2 aliphatic heterocycles. The summed E-state index contributed by atoms with van der Waals surface area (Å²) < 4.78 is 20.5. The average Bonchev–Trinajstić information content (AvgIpc) is 3.37. The third-order valence-corrected chi connectivity index (χ3v) is 5.95. The van der Waals surface area contributed by atoms with Gasteiger partial charge in [-0.15, -0.1) is 0 Å². The predicted molar refractivity (Wildman–Crippen MR) is 130 cm³/mol. The summed E-state index contributed by atoms with van der Waals surface area (Å²) in [6, 6.07) is 7.91. The van der Waals surface area contributed by atoms with Gasteiger partial charge in [0.2, 0.25) is 5.91 Å². The second-order valence-corrected chi connectivity index (χ2v) is 8.58. The van der Waals surface area contributed by atoms with Crippen LogP contribution in [0.2, 0.25) is 5.02 Å². The molecule has 0 radical (unpaired) electrons. The van der Waals surface area contributed by atoms with Crippen molar-refractivity contribution >= 4 is 29.0 Å². The van der Waals surface area contributed by atoms with Crippen molar-refractivity contribution in [3.63, 3.8) is 0 Å². The maximum absolute atomic E-state index is 14.6. The van der Waals surface area contributed by atoms with E-state index in [1.165, 1.54) is 18.2 Å². The van der Waals surface area contributed by atoms with E-state index in [-0.39, 0.29) is 11.5 Å². The normalized spacial score (nSPS) is 15.1. The maximum Gasteiger partial charge on any atom is 0.249 e. The molecule has 0 atom stereocenters. The van der Waals surface area contributed by atoms with Gasteiger partial charge >= 0.3 is 0 Å². The van der Waals surface area contributed by atoms with E-state index in [0.717, 1.165) is 25.9 Å². The molecule has 7 nitrogen and oxygen atoms in total. The van der Waals surface area contributed by atoms with Gasteiger partial charge in [0.1, 0.15) is 12.4 Å². The van der Waals surface area contributed by atoms with Crippen LogP contribution in [0.4, 0.5) is 15.9 Å². The second-order valence-electron chi connectivity index (χ2n) is 8.14. The first-order valence-corrected chi connectivity index (χ1v) is 11.5. The molecule has 0 aliphatic carbocycles. The van der Waals surface area contributed by atoms with Crippen LogP contribution in [0.1, 0.15) is 12.8 Å². The average molecular weight is 480 g/mol. The molecule has 1 fully saturated rings. The number of likely N-dealkylation sites (tertiary alicyclic amines) is 1. The molecule has 34 heavy (non-hydrogen) atoms. The van der Waals surface area contributed by atoms with Crippen molar-refractivity contribution in [1.82, 2.24) is 14.9 Å². The number of rotatable bonds is 5. The van der Waals surface area contributed by atoms with Gasteiger partial charge in [0.25, 0.3) is 0 Å². The number of amides is 1. The fraction of sp³-hybridized carbons (Fsp3) is 0.240. The van der Waals surface area contributed by atoms with Gasteiger partial charge in [-0.3, -0.25) is 9.78 Å². The van der Waals surface area contributed by atoms with Gasteiger partial charge in [-0.2, -0.15) is 0 Å². The molecule has 1 amide bonds. The SMILES string of the molecule is O=C(C=CN1CCCC1)Nc1cncc(-c2cc(-c3cc(Cl)ccc3F)nc3c2OCCN3)c1. The zero-order valence-electron chi connectivity index (χ0n) is 18.4. The predicted octanol–water partition coefficient (Wildman–Crippen LogP) is 4.96. The molecule has 3 aromatic rings. The Balaban J connectivity index is 1.48. The third kappa shape index (κ3) is 4.82. The molecule has 0 spiro atoms. The van der Waals surface area contributed by atoms with Crippen LogP contribution in [0.15, 0.2) is 55.0 Å². The van der Waals surface area contributed by atoms with Crippen LogP contribution in [0.3, 0.4) is 0 Å². The summed E-state index contributed by atoms with van der Waals surface area (Å²) in [6.07, 6.45) is 8.89. The minimum absolute atomic E-state index is 0.234. The summed E-state index contributed by atoms with van der Waals surface area (Å²) in [6.45, 7) is 2.99. The number of hydrogen-bond donors (Lipinski definition) is 2. The van der Waals surface area contributed by atoms with Gasteiger partial charge in [-0.1, -0.05) is 11.6 Å². The molecule has 1 saturated heterocycles. The third-order valence-electron chi connectivity index (χ3n) is 5.71. The highest BCUT2D eigenvalue weighted by molar-refractivity contribution is 6.30. The van der Waals surface area contributed by atoms with Crippen molar-refractivity contribution < 1.29 is 13.9 Å². The summed E-state index contributed by atoms with van der Waals surface area (Å²) >= 11 is 6.11. The number of nitrogens with zero attached hydrogens (tertiary/aromatic N) is 3. The van der Waals surface area contributed by atoms with Crippen molar-refractivity contribution in [2.75, 3.05) is 36.9 Å². The van der Waals surface area contributed by atoms with Crippen LogP contribution in [0.25, 0.3) is 22.4 Å². The Labute approximate surface area is 201 Å². The number of halogens is 2. The number of carbonyl (C=O) groups is 1. The van der Waals surface area contributed by atoms with Crippen LogP contribution in [0.5, 0.6) is 5.75 Å². The molecule has 4 heterocycles. The number of pyridine rings is 2. The summed E-state index contributed by atoms with van der Waals surface area (Å²) in [5, 5.41) is 6.48. The molecular formula is C25H23ClFN5O2. The Morgan fingerprint density at radius 2 is 2.03 bits per heavy atom. The number of aromatic nitrogens is 2. The molecule has 2 aliphatic rings. The van der Waals surface area contributed by atoms with E-state index in [9.17, 15) is 9.18 Å². The molecule has 2 aromatic heterocycles. The van der Waals surface area contributed by atoms with Crippen LogP contribution in [-0.2, 0) is 4.79 Å². The van der Waals surface area contributed by atoms with Crippen molar-refractivity contribution in [3.8, 4) is 28.1 Å². The topological polar surface area (TPSA) is 79.4 Å². The molecule has 9 heteroatoms. The number of carbonyl (C=O) groups excluding carboxylic acids is 1. The van der Waals surface area contributed by atoms with Crippen molar-refractivity contribution in [2.45, 2.75) is 12.8 Å².